The Morgan fingerprint density at radius 2 is 2.40 bits per heavy atom. The van der Waals surface area contributed by atoms with E-state index in [1.165, 1.54) is 5.69 Å². The van der Waals surface area contributed by atoms with Crippen molar-refractivity contribution < 1.29 is 9.84 Å². The lowest BCUT2D eigenvalue weighted by molar-refractivity contribution is 0.142. The molecule has 1 aromatic heterocycles. The third-order valence-electron chi connectivity index (χ3n) is 3.39. The van der Waals surface area contributed by atoms with Gasteiger partial charge in [-0.3, -0.25) is 0 Å². The van der Waals surface area contributed by atoms with Gasteiger partial charge in [-0.1, -0.05) is 0 Å². The molecule has 82 valence electrons. The molecule has 3 heterocycles. The molecule has 2 unspecified atom stereocenters. The lowest BCUT2D eigenvalue weighted by Gasteiger charge is -2.22. The van der Waals surface area contributed by atoms with E-state index in [4.69, 9.17) is 4.74 Å². The molecule has 0 radical (unpaired) electrons. The van der Waals surface area contributed by atoms with Gasteiger partial charge in [-0.2, -0.15) is 0 Å². The Hall–Kier alpha value is -0.870. The number of aliphatic hydroxyl groups excluding tert-OH is 1. The quantitative estimate of drug-likeness (QED) is 0.738. The smallest absolute Gasteiger partial charge is 0.114 e. The van der Waals surface area contributed by atoms with Crippen LogP contribution in [-0.2, 0) is 17.7 Å². The topological polar surface area (TPSA) is 47.3 Å². The fourth-order valence-corrected chi connectivity index (χ4v) is 2.53. The molecule has 1 saturated heterocycles. The molecule has 4 nitrogen and oxygen atoms in total. The molecule has 1 N–H and O–H groups in total. The van der Waals surface area contributed by atoms with Crippen molar-refractivity contribution in [2.24, 2.45) is 0 Å². The van der Waals surface area contributed by atoms with E-state index in [0.717, 1.165) is 44.8 Å². The normalized spacial score (nSPS) is 30.5. The van der Waals surface area contributed by atoms with Crippen molar-refractivity contribution in [2.45, 2.75) is 37.8 Å². The summed E-state index contributed by atoms with van der Waals surface area (Å²) in [5.74, 6) is 1.63. The summed E-state index contributed by atoms with van der Waals surface area (Å²) in [5.41, 5.74) is 1.18. The van der Waals surface area contributed by atoms with Gasteiger partial charge in [-0.05, 0) is 12.8 Å². The summed E-state index contributed by atoms with van der Waals surface area (Å²) < 4.78 is 7.66. The Morgan fingerprint density at radius 1 is 1.47 bits per heavy atom. The number of aliphatic hydroxyl groups is 1. The fourth-order valence-electron chi connectivity index (χ4n) is 2.53. The van der Waals surface area contributed by atoms with Gasteiger partial charge in [-0.15, -0.1) is 0 Å². The van der Waals surface area contributed by atoms with Crippen molar-refractivity contribution >= 4 is 0 Å². The maximum absolute atomic E-state index is 9.56. The van der Waals surface area contributed by atoms with E-state index < -0.39 is 0 Å². The highest BCUT2D eigenvalue weighted by atomic mass is 16.5. The number of rotatable bonds is 1. The molecule has 2 atom stereocenters. The first-order chi connectivity index (χ1) is 7.34. The first-order valence-electron chi connectivity index (χ1n) is 5.64. The predicted molar refractivity (Wildman–Crippen MR) is 54.7 cm³/mol. The van der Waals surface area contributed by atoms with Crippen molar-refractivity contribution in [1.82, 2.24) is 9.55 Å². The summed E-state index contributed by atoms with van der Waals surface area (Å²) in [6, 6.07) is 0. The Kier molecular flexibility index (Phi) is 2.25. The monoisotopic (exact) mass is 208 g/mol. The van der Waals surface area contributed by atoms with Crippen LogP contribution in [0.3, 0.4) is 0 Å². The first kappa shape index (κ1) is 9.36. The van der Waals surface area contributed by atoms with Crippen LogP contribution in [0.2, 0.25) is 0 Å². The molecule has 0 saturated carbocycles. The molecule has 0 aliphatic carbocycles. The maximum atomic E-state index is 9.56. The van der Waals surface area contributed by atoms with Gasteiger partial charge >= 0.3 is 0 Å². The molecule has 0 spiro atoms. The highest BCUT2D eigenvalue weighted by molar-refractivity contribution is 5.13. The zero-order chi connectivity index (χ0) is 10.3. The molecule has 2 aliphatic heterocycles. The Balaban J connectivity index is 1.90. The predicted octanol–water partition coefficient (Wildman–Crippen LogP) is 0.694. The van der Waals surface area contributed by atoms with Crippen LogP contribution in [-0.4, -0.2) is 34.0 Å². The molecule has 0 aromatic carbocycles. The average Bonchev–Trinajstić information content (AvgIpc) is 2.82. The molecule has 15 heavy (non-hydrogen) atoms. The van der Waals surface area contributed by atoms with Crippen LogP contribution in [0.4, 0.5) is 0 Å². The number of aromatic nitrogens is 2. The van der Waals surface area contributed by atoms with Crippen LogP contribution in [0, 0.1) is 0 Å². The largest absolute Gasteiger partial charge is 0.393 e. The summed E-state index contributed by atoms with van der Waals surface area (Å²) in [7, 11) is 0. The van der Waals surface area contributed by atoms with Crippen LogP contribution in [0.1, 0.15) is 30.3 Å². The number of hydrogen-bond donors (Lipinski definition) is 1. The summed E-state index contributed by atoms with van der Waals surface area (Å²) >= 11 is 0. The second-order valence-corrected chi connectivity index (χ2v) is 4.47. The fraction of sp³-hybridized carbons (Fsp3) is 0.727. The molecule has 1 fully saturated rings. The van der Waals surface area contributed by atoms with Gasteiger partial charge in [-0.25, -0.2) is 4.98 Å². The summed E-state index contributed by atoms with van der Waals surface area (Å²) in [5, 5.41) is 9.56. The lowest BCUT2D eigenvalue weighted by atomic mass is 10.1. The van der Waals surface area contributed by atoms with Gasteiger partial charge in [0, 0.05) is 37.4 Å². The van der Waals surface area contributed by atoms with E-state index in [-0.39, 0.29) is 6.10 Å². The van der Waals surface area contributed by atoms with E-state index in [1.807, 2.05) is 6.20 Å². The zero-order valence-corrected chi connectivity index (χ0v) is 8.72. The van der Waals surface area contributed by atoms with Crippen molar-refractivity contribution in [3.63, 3.8) is 0 Å². The molecular weight excluding hydrogens is 192 g/mol. The number of hydrogen-bond acceptors (Lipinski definition) is 3. The SMILES string of the molecule is OC1CCn2c(cnc2C2CCOC2)C1. The molecule has 0 bridgehead atoms. The first-order valence-corrected chi connectivity index (χ1v) is 5.64. The van der Waals surface area contributed by atoms with E-state index in [9.17, 15) is 5.11 Å². The Morgan fingerprint density at radius 3 is 3.20 bits per heavy atom. The standard InChI is InChI=1S/C11H16N2O2/c14-10-1-3-13-9(5-10)6-12-11(13)8-2-4-15-7-8/h6,8,10,14H,1-5,7H2. The van der Waals surface area contributed by atoms with E-state index >= 15 is 0 Å². The van der Waals surface area contributed by atoms with Crippen LogP contribution in [0.15, 0.2) is 6.20 Å². The molecular formula is C11H16N2O2. The van der Waals surface area contributed by atoms with Gasteiger partial charge in [0.05, 0.1) is 12.7 Å². The third kappa shape index (κ3) is 1.58. The van der Waals surface area contributed by atoms with E-state index in [2.05, 4.69) is 9.55 Å². The van der Waals surface area contributed by atoms with E-state index in [0.29, 0.717) is 5.92 Å². The van der Waals surface area contributed by atoms with Crippen LogP contribution in [0.25, 0.3) is 0 Å². The molecule has 1 aromatic rings. The van der Waals surface area contributed by atoms with Crippen molar-refractivity contribution in [3.05, 3.63) is 17.7 Å². The van der Waals surface area contributed by atoms with Crippen LogP contribution >= 0.6 is 0 Å². The summed E-state index contributed by atoms with van der Waals surface area (Å²) in [6.07, 6.45) is 4.42. The molecule has 4 heteroatoms. The van der Waals surface area contributed by atoms with Gasteiger partial charge < -0.3 is 14.4 Å². The minimum Gasteiger partial charge on any atom is -0.393 e. The zero-order valence-electron chi connectivity index (χ0n) is 8.72. The van der Waals surface area contributed by atoms with Crippen molar-refractivity contribution in [3.8, 4) is 0 Å². The maximum Gasteiger partial charge on any atom is 0.114 e. The minimum absolute atomic E-state index is 0.179. The van der Waals surface area contributed by atoms with Crippen molar-refractivity contribution in [2.75, 3.05) is 13.2 Å². The molecule has 3 rings (SSSR count). The second kappa shape index (κ2) is 3.61. The molecule has 2 aliphatic rings. The second-order valence-electron chi connectivity index (χ2n) is 4.47. The highest BCUT2D eigenvalue weighted by Crippen LogP contribution is 2.27. The summed E-state index contributed by atoms with van der Waals surface area (Å²) in [4.78, 5) is 4.49. The van der Waals surface area contributed by atoms with Gasteiger partial charge in [0.1, 0.15) is 5.82 Å². The number of nitrogens with zero attached hydrogens (tertiary/aromatic N) is 2. The van der Waals surface area contributed by atoms with Crippen LogP contribution in [0.5, 0.6) is 0 Å². The van der Waals surface area contributed by atoms with Crippen molar-refractivity contribution in [1.29, 1.82) is 0 Å². The summed E-state index contributed by atoms with van der Waals surface area (Å²) in [6.45, 7) is 2.57. The van der Waals surface area contributed by atoms with Crippen LogP contribution < -0.4 is 0 Å². The Bertz CT molecular complexity index is 355. The van der Waals surface area contributed by atoms with Gasteiger partial charge in [0.2, 0.25) is 0 Å². The molecule has 0 amide bonds. The third-order valence-corrected chi connectivity index (χ3v) is 3.39. The number of fused-ring (bicyclic) bond motifs is 1. The Labute approximate surface area is 88.9 Å². The van der Waals surface area contributed by atoms with Gasteiger partial charge in [0.25, 0.3) is 0 Å². The van der Waals surface area contributed by atoms with E-state index in [1.54, 1.807) is 0 Å². The highest BCUT2D eigenvalue weighted by Gasteiger charge is 2.26. The minimum atomic E-state index is -0.179. The number of ether oxygens (including phenoxy) is 1. The lowest BCUT2D eigenvalue weighted by Crippen LogP contribution is -2.24. The van der Waals surface area contributed by atoms with Gasteiger partial charge in [0.15, 0.2) is 0 Å². The average molecular weight is 208 g/mol. The number of imidazole rings is 1.